The van der Waals surface area contributed by atoms with Gasteiger partial charge < -0.3 is 20.1 Å². The number of benzene rings is 1. The number of nitrogens with zero attached hydrogens (tertiary/aromatic N) is 2. The SMILES string of the molecule is CN=C(NCc1ccc(OCC(F)(F)F)c(OC)c1)NC1CN(C(C)C)CC1C. The maximum atomic E-state index is 12.4. The van der Waals surface area contributed by atoms with Gasteiger partial charge in [-0.2, -0.15) is 13.2 Å². The Kier molecular flexibility index (Phi) is 8.01. The fraction of sp³-hybridized carbons (Fsp3) is 0.650. The fourth-order valence-electron chi connectivity index (χ4n) is 3.27. The van der Waals surface area contributed by atoms with E-state index in [0.717, 1.165) is 18.7 Å². The van der Waals surface area contributed by atoms with Crippen molar-refractivity contribution < 1.29 is 22.6 Å². The van der Waals surface area contributed by atoms with Crippen molar-refractivity contribution in [1.29, 1.82) is 0 Å². The van der Waals surface area contributed by atoms with E-state index in [1.54, 1.807) is 19.2 Å². The lowest BCUT2D eigenvalue weighted by Crippen LogP contribution is -2.46. The zero-order valence-electron chi connectivity index (χ0n) is 17.6. The quantitative estimate of drug-likeness (QED) is 0.529. The first kappa shape index (κ1) is 23.1. The number of hydrogen-bond donors (Lipinski definition) is 2. The third-order valence-corrected chi connectivity index (χ3v) is 5.00. The van der Waals surface area contributed by atoms with E-state index in [9.17, 15) is 13.2 Å². The largest absolute Gasteiger partial charge is 0.493 e. The van der Waals surface area contributed by atoms with Crippen LogP contribution in [0.3, 0.4) is 0 Å². The molecule has 0 aliphatic carbocycles. The van der Waals surface area contributed by atoms with Crippen LogP contribution in [0, 0.1) is 5.92 Å². The van der Waals surface area contributed by atoms with E-state index in [-0.39, 0.29) is 11.5 Å². The van der Waals surface area contributed by atoms with Crippen LogP contribution in [0.1, 0.15) is 26.3 Å². The van der Waals surface area contributed by atoms with Crippen molar-refractivity contribution in [1.82, 2.24) is 15.5 Å². The zero-order chi connectivity index (χ0) is 21.6. The summed E-state index contributed by atoms with van der Waals surface area (Å²) in [6.07, 6.45) is -4.40. The summed E-state index contributed by atoms with van der Waals surface area (Å²) < 4.78 is 47.1. The number of alkyl halides is 3. The Morgan fingerprint density at radius 3 is 2.55 bits per heavy atom. The van der Waals surface area contributed by atoms with E-state index in [2.05, 4.69) is 41.3 Å². The van der Waals surface area contributed by atoms with E-state index in [4.69, 9.17) is 9.47 Å². The molecule has 2 rings (SSSR count). The van der Waals surface area contributed by atoms with Gasteiger partial charge in [0.15, 0.2) is 24.1 Å². The van der Waals surface area contributed by atoms with Crippen LogP contribution < -0.4 is 20.1 Å². The number of ether oxygens (including phenoxy) is 2. The summed E-state index contributed by atoms with van der Waals surface area (Å²) >= 11 is 0. The van der Waals surface area contributed by atoms with Gasteiger partial charge in [-0.25, -0.2) is 0 Å². The lowest BCUT2D eigenvalue weighted by molar-refractivity contribution is -0.153. The molecule has 0 amide bonds. The van der Waals surface area contributed by atoms with Crippen molar-refractivity contribution in [2.45, 2.75) is 45.6 Å². The smallest absolute Gasteiger partial charge is 0.422 e. The molecule has 164 valence electrons. The van der Waals surface area contributed by atoms with E-state index in [0.29, 0.717) is 30.5 Å². The standard InChI is InChI=1S/C20H31F3N4O2/c1-13(2)27-10-14(3)16(11-27)26-19(24-4)25-9-15-6-7-17(18(8-15)28-5)29-12-20(21,22)23/h6-8,13-14,16H,9-12H2,1-5H3,(H2,24,25,26). The van der Waals surface area contributed by atoms with E-state index >= 15 is 0 Å². The Labute approximate surface area is 170 Å². The number of nitrogens with one attached hydrogen (secondary N) is 2. The predicted molar refractivity (Wildman–Crippen MR) is 108 cm³/mol. The molecular formula is C20H31F3N4O2. The normalized spacial score (nSPS) is 20.8. The molecule has 9 heteroatoms. The molecule has 1 saturated heterocycles. The van der Waals surface area contributed by atoms with Crippen molar-refractivity contribution in [2.75, 3.05) is 33.9 Å². The number of likely N-dealkylation sites (tertiary alicyclic amines) is 1. The molecule has 1 aliphatic heterocycles. The summed E-state index contributed by atoms with van der Waals surface area (Å²) in [7, 11) is 3.11. The minimum Gasteiger partial charge on any atom is -0.493 e. The van der Waals surface area contributed by atoms with E-state index < -0.39 is 12.8 Å². The summed E-state index contributed by atoms with van der Waals surface area (Å²) in [4.78, 5) is 6.71. The summed E-state index contributed by atoms with van der Waals surface area (Å²) in [6, 6.07) is 5.65. The minimum absolute atomic E-state index is 0.0599. The highest BCUT2D eigenvalue weighted by molar-refractivity contribution is 5.80. The van der Waals surface area contributed by atoms with Crippen LogP contribution in [0.15, 0.2) is 23.2 Å². The van der Waals surface area contributed by atoms with Gasteiger partial charge in [0.2, 0.25) is 0 Å². The molecule has 1 heterocycles. The van der Waals surface area contributed by atoms with Gasteiger partial charge in [0.25, 0.3) is 0 Å². The van der Waals surface area contributed by atoms with Crippen LogP contribution in [0.4, 0.5) is 13.2 Å². The molecule has 0 saturated carbocycles. The Morgan fingerprint density at radius 2 is 2.00 bits per heavy atom. The number of halogens is 3. The summed E-state index contributed by atoms with van der Waals surface area (Å²) in [5, 5.41) is 6.71. The monoisotopic (exact) mass is 416 g/mol. The number of guanidine groups is 1. The number of hydrogen-bond acceptors (Lipinski definition) is 4. The van der Waals surface area contributed by atoms with Crippen LogP contribution in [0.5, 0.6) is 11.5 Å². The predicted octanol–water partition coefficient (Wildman–Crippen LogP) is 3.03. The molecule has 6 nitrogen and oxygen atoms in total. The molecule has 2 atom stereocenters. The topological polar surface area (TPSA) is 58.1 Å². The van der Waals surface area contributed by atoms with Gasteiger partial charge in [-0.1, -0.05) is 13.0 Å². The van der Waals surface area contributed by atoms with Crippen molar-refractivity contribution in [3.8, 4) is 11.5 Å². The third-order valence-electron chi connectivity index (χ3n) is 5.00. The van der Waals surface area contributed by atoms with Gasteiger partial charge in [0.05, 0.1) is 7.11 Å². The molecular weight excluding hydrogens is 385 g/mol. The average molecular weight is 416 g/mol. The highest BCUT2D eigenvalue weighted by Crippen LogP contribution is 2.29. The van der Waals surface area contributed by atoms with Gasteiger partial charge in [-0.05, 0) is 37.5 Å². The van der Waals surface area contributed by atoms with Crippen LogP contribution in [-0.4, -0.2) is 63.0 Å². The molecule has 1 aliphatic rings. The van der Waals surface area contributed by atoms with Crippen LogP contribution in [0.25, 0.3) is 0 Å². The first-order chi connectivity index (χ1) is 13.6. The van der Waals surface area contributed by atoms with Gasteiger partial charge >= 0.3 is 6.18 Å². The van der Waals surface area contributed by atoms with Gasteiger partial charge in [0.1, 0.15) is 0 Å². The third kappa shape index (κ3) is 6.99. The van der Waals surface area contributed by atoms with Crippen molar-refractivity contribution >= 4 is 5.96 Å². The molecule has 0 spiro atoms. The maximum absolute atomic E-state index is 12.4. The molecule has 1 aromatic rings. The molecule has 0 aromatic heterocycles. The van der Waals surface area contributed by atoms with Gasteiger partial charge in [0, 0.05) is 38.8 Å². The van der Waals surface area contributed by atoms with Crippen molar-refractivity contribution in [3.63, 3.8) is 0 Å². The fourth-order valence-corrected chi connectivity index (χ4v) is 3.27. The molecule has 1 aromatic carbocycles. The Morgan fingerprint density at radius 1 is 1.28 bits per heavy atom. The number of rotatable bonds is 7. The second-order valence-corrected chi connectivity index (χ2v) is 7.59. The molecule has 29 heavy (non-hydrogen) atoms. The van der Waals surface area contributed by atoms with E-state index in [1.165, 1.54) is 13.2 Å². The van der Waals surface area contributed by atoms with Gasteiger partial charge in [-0.3, -0.25) is 9.89 Å². The zero-order valence-corrected chi connectivity index (χ0v) is 17.6. The summed E-state index contributed by atoms with van der Waals surface area (Å²) in [5.74, 6) is 1.50. The van der Waals surface area contributed by atoms with Crippen molar-refractivity contribution in [2.24, 2.45) is 10.9 Å². The van der Waals surface area contributed by atoms with Gasteiger partial charge in [-0.15, -0.1) is 0 Å². The Hall–Kier alpha value is -2.16. The second kappa shape index (κ2) is 10.0. The molecule has 1 fully saturated rings. The highest BCUT2D eigenvalue weighted by Gasteiger charge is 2.31. The number of methoxy groups -OCH3 is 1. The lowest BCUT2D eigenvalue weighted by atomic mass is 10.1. The van der Waals surface area contributed by atoms with E-state index in [1.807, 2.05) is 0 Å². The maximum Gasteiger partial charge on any atom is 0.422 e. The van der Waals surface area contributed by atoms with Crippen LogP contribution >= 0.6 is 0 Å². The molecule has 0 radical (unpaired) electrons. The lowest BCUT2D eigenvalue weighted by Gasteiger charge is -2.22. The molecule has 2 N–H and O–H groups in total. The number of aliphatic imine (C=N–C) groups is 1. The minimum atomic E-state index is -4.40. The Bertz CT molecular complexity index is 695. The second-order valence-electron chi connectivity index (χ2n) is 7.59. The molecule has 0 bridgehead atoms. The van der Waals surface area contributed by atoms with Crippen LogP contribution in [0.2, 0.25) is 0 Å². The van der Waals surface area contributed by atoms with Crippen LogP contribution in [-0.2, 0) is 6.54 Å². The first-order valence-corrected chi connectivity index (χ1v) is 9.70. The Balaban J connectivity index is 1.93. The summed E-state index contributed by atoms with van der Waals surface area (Å²) in [5.41, 5.74) is 0.840. The average Bonchev–Trinajstić information content (AvgIpc) is 3.03. The molecule has 2 unspecified atom stereocenters. The highest BCUT2D eigenvalue weighted by atomic mass is 19.4. The summed E-state index contributed by atoms with van der Waals surface area (Å²) in [6.45, 7) is 7.70. The first-order valence-electron chi connectivity index (χ1n) is 9.70. The van der Waals surface area contributed by atoms with Crippen molar-refractivity contribution in [3.05, 3.63) is 23.8 Å².